The lowest BCUT2D eigenvalue weighted by Crippen LogP contribution is -2.44. The molecule has 0 aliphatic carbocycles. The largest absolute Gasteiger partial charge is 0.350 e. The Labute approximate surface area is 187 Å². The van der Waals surface area contributed by atoms with Crippen molar-refractivity contribution in [3.63, 3.8) is 0 Å². The van der Waals surface area contributed by atoms with Gasteiger partial charge in [0.05, 0.1) is 15.5 Å². The molecule has 7 nitrogen and oxygen atoms in total. The van der Waals surface area contributed by atoms with Crippen LogP contribution >= 0.6 is 11.6 Å². The zero-order valence-corrected chi connectivity index (χ0v) is 18.9. The molecule has 1 saturated heterocycles. The quantitative estimate of drug-likeness (QED) is 0.659. The number of piperidine rings is 1. The van der Waals surface area contributed by atoms with Gasteiger partial charge in [0.2, 0.25) is 15.9 Å². The zero-order chi connectivity index (χ0) is 22.4. The molecule has 3 rings (SSSR count). The van der Waals surface area contributed by atoms with Crippen molar-refractivity contribution in [3.8, 4) is 0 Å². The SMILES string of the molecule is CC(NC(=O)c1ccccc1Cl)C(=O)NCc1ccc(S(=O)(=O)N2CCCCC2)cc1. The molecule has 1 atom stereocenters. The first kappa shape index (κ1) is 23.2. The van der Waals surface area contributed by atoms with Gasteiger partial charge < -0.3 is 10.6 Å². The van der Waals surface area contributed by atoms with E-state index in [4.69, 9.17) is 11.6 Å². The van der Waals surface area contributed by atoms with Gasteiger partial charge >= 0.3 is 0 Å². The lowest BCUT2D eigenvalue weighted by atomic mass is 10.2. The first-order valence-electron chi connectivity index (χ1n) is 10.2. The van der Waals surface area contributed by atoms with Crippen LogP contribution in [-0.4, -0.2) is 43.7 Å². The number of nitrogens with zero attached hydrogens (tertiary/aromatic N) is 1. The first-order valence-corrected chi connectivity index (χ1v) is 12.0. The molecule has 0 radical (unpaired) electrons. The molecule has 31 heavy (non-hydrogen) atoms. The number of hydrogen-bond donors (Lipinski definition) is 2. The van der Waals surface area contributed by atoms with Gasteiger partial charge in [-0.3, -0.25) is 9.59 Å². The van der Waals surface area contributed by atoms with Gasteiger partial charge in [0.1, 0.15) is 6.04 Å². The van der Waals surface area contributed by atoms with Crippen molar-refractivity contribution in [2.45, 2.75) is 43.7 Å². The molecule has 166 valence electrons. The van der Waals surface area contributed by atoms with Gasteiger partial charge in [-0.2, -0.15) is 4.31 Å². The normalized spacial score (nSPS) is 15.8. The third kappa shape index (κ3) is 5.84. The minimum absolute atomic E-state index is 0.217. The van der Waals surface area contributed by atoms with Crippen LogP contribution in [0.25, 0.3) is 0 Å². The number of carbonyl (C=O) groups excluding carboxylic acids is 2. The molecule has 0 aromatic heterocycles. The summed E-state index contributed by atoms with van der Waals surface area (Å²) in [5.74, 6) is -0.786. The van der Waals surface area contributed by atoms with E-state index < -0.39 is 22.0 Å². The van der Waals surface area contributed by atoms with E-state index >= 15 is 0 Å². The van der Waals surface area contributed by atoms with Crippen LogP contribution in [0.15, 0.2) is 53.4 Å². The molecule has 2 N–H and O–H groups in total. The molecule has 1 aliphatic heterocycles. The van der Waals surface area contributed by atoms with Crippen molar-refractivity contribution in [2.24, 2.45) is 0 Å². The maximum Gasteiger partial charge on any atom is 0.253 e. The van der Waals surface area contributed by atoms with Crippen molar-refractivity contribution >= 4 is 33.4 Å². The van der Waals surface area contributed by atoms with Crippen LogP contribution in [-0.2, 0) is 21.4 Å². The highest BCUT2D eigenvalue weighted by molar-refractivity contribution is 7.89. The Balaban J connectivity index is 1.54. The maximum absolute atomic E-state index is 12.7. The topological polar surface area (TPSA) is 95.6 Å². The Morgan fingerprint density at radius 2 is 1.68 bits per heavy atom. The molecule has 1 heterocycles. The Kier molecular flexibility index (Phi) is 7.69. The summed E-state index contributed by atoms with van der Waals surface area (Å²) in [5, 5.41) is 5.68. The monoisotopic (exact) mass is 463 g/mol. The van der Waals surface area contributed by atoms with E-state index in [9.17, 15) is 18.0 Å². The number of rotatable bonds is 7. The molecule has 2 aromatic carbocycles. The van der Waals surface area contributed by atoms with Crippen LogP contribution in [0.2, 0.25) is 5.02 Å². The van der Waals surface area contributed by atoms with Crippen LogP contribution in [0.3, 0.4) is 0 Å². The number of nitrogens with one attached hydrogen (secondary N) is 2. The minimum atomic E-state index is -3.48. The number of benzene rings is 2. The van der Waals surface area contributed by atoms with Crippen molar-refractivity contribution in [1.29, 1.82) is 0 Å². The van der Waals surface area contributed by atoms with Crippen LogP contribution in [0, 0.1) is 0 Å². The summed E-state index contributed by atoms with van der Waals surface area (Å²) in [6.45, 7) is 2.91. The van der Waals surface area contributed by atoms with Crippen LogP contribution in [0.5, 0.6) is 0 Å². The van der Waals surface area contributed by atoms with Crippen molar-refractivity contribution < 1.29 is 18.0 Å². The molecule has 0 spiro atoms. The fourth-order valence-corrected chi connectivity index (χ4v) is 5.10. The Hall–Kier alpha value is -2.42. The van der Waals surface area contributed by atoms with Gasteiger partial charge in [-0.25, -0.2) is 8.42 Å². The lowest BCUT2D eigenvalue weighted by Gasteiger charge is -2.25. The summed E-state index contributed by atoms with van der Waals surface area (Å²) in [4.78, 5) is 24.9. The molecule has 1 unspecified atom stereocenters. The molecule has 9 heteroatoms. The van der Waals surface area contributed by atoms with E-state index in [0.29, 0.717) is 23.7 Å². The lowest BCUT2D eigenvalue weighted by molar-refractivity contribution is -0.122. The highest BCUT2D eigenvalue weighted by Gasteiger charge is 2.25. The fraction of sp³-hybridized carbons (Fsp3) is 0.364. The molecule has 2 amide bonds. The van der Waals surface area contributed by atoms with Gasteiger partial charge in [0.25, 0.3) is 5.91 Å². The molecular weight excluding hydrogens is 438 g/mol. The van der Waals surface area contributed by atoms with E-state index in [2.05, 4.69) is 10.6 Å². The summed E-state index contributed by atoms with van der Waals surface area (Å²) in [6, 6.07) is 12.3. The van der Waals surface area contributed by atoms with Crippen LogP contribution in [0.4, 0.5) is 0 Å². The molecule has 2 aromatic rings. The van der Waals surface area contributed by atoms with Crippen molar-refractivity contribution in [2.75, 3.05) is 13.1 Å². The van der Waals surface area contributed by atoms with Gasteiger partial charge in [-0.15, -0.1) is 0 Å². The Bertz CT molecular complexity index is 1030. The number of sulfonamides is 1. The third-order valence-electron chi connectivity index (χ3n) is 5.20. The van der Waals surface area contributed by atoms with Gasteiger partial charge in [0.15, 0.2) is 0 Å². The molecule has 1 fully saturated rings. The summed E-state index contributed by atoms with van der Waals surface area (Å²) < 4.78 is 26.9. The second-order valence-corrected chi connectivity index (χ2v) is 9.85. The second-order valence-electron chi connectivity index (χ2n) is 7.50. The van der Waals surface area contributed by atoms with E-state index in [1.165, 1.54) is 4.31 Å². The average molecular weight is 464 g/mol. The summed E-state index contributed by atoms with van der Waals surface area (Å²) in [6.07, 6.45) is 2.82. The number of halogens is 1. The van der Waals surface area contributed by atoms with Gasteiger partial charge in [-0.1, -0.05) is 42.3 Å². The molecule has 0 saturated carbocycles. The van der Waals surface area contributed by atoms with Gasteiger partial charge in [-0.05, 0) is 49.6 Å². The summed E-state index contributed by atoms with van der Waals surface area (Å²) in [5.41, 5.74) is 1.06. The highest BCUT2D eigenvalue weighted by Crippen LogP contribution is 2.21. The smallest absolute Gasteiger partial charge is 0.253 e. The third-order valence-corrected chi connectivity index (χ3v) is 7.44. The summed E-state index contributed by atoms with van der Waals surface area (Å²) >= 11 is 6.01. The minimum Gasteiger partial charge on any atom is -0.350 e. The standard InChI is InChI=1S/C22H26ClN3O4S/c1-16(25-22(28)19-7-3-4-8-20(19)23)21(27)24-15-17-9-11-18(12-10-17)31(29,30)26-13-5-2-6-14-26/h3-4,7-12,16H,2,5-6,13-15H2,1H3,(H,24,27)(H,25,28). The number of amides is 2. The molecular formula is C22H26ClN3O4S. The molecule has 1 aliphatic rings. The predicted molar refractivity (Wildman–Crippen MR) is 119 cm³/mol. The predicted octanol–water partition coefficient (Wildman–Crippen LogP) is 2.95. The Morgan fingerprint density at radius 3 is 2.32 bits per heavy atom. The second kappa shape index (κ2) is 10.3. The molecule has 0 bridgehead atoms. The van der Waals surface area contributed by atoms with E-state index in [1.807, 2.05) is 0 Å². The van der Waals surface area contributed by atoms with E-state index in [0.717, 1.165) is 24.8 Å². The Morgan fingerprint density at radius 1 is 1.03 bits per heavy atom. The van der Waals surface area contributed by atoms with Crippen LogP contribution in [0.1, 0.15) is 42.1 Å². The summed E-state index contributed by atoms with van der Waals surface area (Å²) in [7, 11) is -3.48. The average Bonchev–Trinajstić information content (AvgIpc) is 2.78. The van der Waals surface area contributed by atoms with E-state index in [1.54, 1.807) is 55.5 Å². The first-order chi connectivity index (χ1) is 14.8. The van der Waals surface area contributed by atoms with E-state index in [-0.39, 0.29) is 17.3 Å². The van der Waals surface area contributed by atoms with Gasteiger partial charge in [0, 0.05) is 19.6 Å². The number of hydrogen-bond acceptors (Lipinski definition) is 4. The number of carbonyl (C=O) groups is 2. The maximum atomic E-state index is 12.7. The fourth-order valence-electron chi connectivity index (χ4n) is 3.36. The van der Waals surface area contributed by atoms with Crippen molar-refractivity contribution in [3.05, 3.63) is 64.7 Å². The van der Waals surface area contributed by atoms with Crippen molar-refractivity contribution in [1.82, 2.24) is 14.9 Å². The highest BCUT2D eigenvalue weighted by atomic mass is 35.5. The van der Waals surface area contributed by atoms with Crippen LogP contribution < -0.4 is 10.6 Å². The zero-order valence-electron chi connectivity index (χ0n) is 17.3.